The van der Waals surface area contributed by atoms with Crippen LogP contribution in [0, 0.1) is 13.8 Å². The van der Waals surface area contributed by atoms with E-state index < -0.39 is 10.0 Å². The highest BCUT2D eigenvalue weighted by Gasteiger charge is 2.27. The Labute approximate surface area is 155 Å². The number of aryl methyl sites for hydroxylation is 2. The number of aromatic nitrogens is 2. The number of piperazine rings is 1. The van der Waals surface area contributed by atoms with Crippen molar-refractivity contribution in [2.24, 2.45) is 0 Å². The van der Waals surface area contributed by atoms with Crippen molar-refractivity contribution in [2.45, 2.75) is 25.3 Å². The van der Waals surface area contributed by atoms with Gasteiger partial charge in [-0.25, -0.2) is 18.4 Å². The highest BCUT2D eigenvalue weighted by molar-refractivity contribution is 7.89. The molecular formula is C18H25N5O2S. The molecule has 2 aromatic rings. The molecule has 0 unspecified atom stereocenters. The highest BCUT2D eigenvalue weighted by Crippen LogP contribution is 2.18. The van der Waals surface area contributed by atoms with Gasteiger partial charge in [-0.05, 0) is 44.7 Å². The maximum atomic E-state index is 12.7. The molecule has 7 nitrogen and oxygen atoms in total. The van der Waals surface area contributed by atoms with E-state index in [4.69, 9.17) is 0 Å². The molecule has 0 atom stereocenters. The molecule has 0 aliphatic carbocycles. The summed E-state index contributed by atoms with van der Waals surface area (Å²) in [6, 6.07) is 8.93. The molecule has 1 fully saturated rings. The topological polar surface area (TPSA) is 78.4 Å². The van der Waals surface area contributed by atoms with E-state index in [0.717, 1.165) is 30.0 Å². The van der Waals surface area contributed by atoms with Crippen LogP contribution in [0.3, 0.4) is 0 Å². The fourth-order valence-electron chi connectivity index (χ4n) is 2.94. The van der Waals surface area contributed by atoms with E-state index in [1.54, 1.807) is 16.4 Å². The van der Waals surface area contributed by atoms with Gasteiger partial charge in [0.15, 0.2) is 0 Å². The quantitative estimate of drug-likeness (QED) is 0.856. The van der Waals surface area contributed by atoms with Crippen molar-refractivity contribution in [3.63, 3.8) is 0 Å². The van der Waals surface area contributed by atoms with Crippen molar-refractivity contribution in [3.8, 4) is 0 Å². The molecule has 8 heteroatoms. The minimum Gasteiger partial charge on any atom is -0.350 e. The number of rotatable bonds is 5. The van der Waals surface area contributed by atoms with Crippen molar-refractivity contribution in [3.05, 3.63) is 47.3 Å². The minimum absolute atomic E-state index is 0.341. The molecule has 0 bridgehead atoms. The first-order chi connectivity index (χ1) is 12.3. The van der Waals surface area contributed by atoms with Crippen molar-refractivity contribution in [1.82, 2.24) is 19.2 Å². The van der Waals surface area contributed by atoms with Crippen molar-refractivity contribution < 1.29 is 8.42 Å². The van der Waals surface area contributed by atoms with Gasteiger partial charge in [0.2, 0.25) is 16.0 Å². The molecule has 2 heterocycles. The number of hydrogen-bond acceptors (Lipinski definition) is 6. The molecule has 3 rings (SSSR count). The molecule has 0 amide bonds. The SMILES string of the molecule is Cc1cc(C)nc(NCc2ccc(S(=O)(=O)N3CCN(C)CC3)cc2)n1. The zero-order valence-corrected chi connectivity index (χ0v) is 16.3. The lowest BCUT2D eigenvalue weighted by Gasteiger charge is -2.31. The monoisotopic (exact) mass is 375 g/mol. The summed E-state index contributed by atoms with van der Waals surface area (Å²) in [6.07, 6.45) is 0. The average molecular weight is 375 g/mol. The summed E-state index contributed by atoms with van der Waals surface area (Å²) in [7, 11) is -1.41. The predicted molar refractivity (Wildman–Crippen MR) is 102 cm³/mol. The van der Waals surface area contributed by atoms with Crippen LogP contribution >= 0.6 is 0 Å². The van der Waals surface area contributed by atoms with E-state index in [0.29, 0.717) is 30.5 Å². The average Bonchev–Trinajstić information content (AvgIpc) is 2.60. The van der Waals surface area contributed by atoms with Gasteiger partial charge in [0.05, 0.1) is 4.90 Å². The molecule has 1 aliphatic rings. The Bertz CT molecular complexity index is 839. The van der Waals surface area contributed by atoms with Crippen LogP contribution in [0.4, 0.5) is 5.95 Å². The van der Waals surface area contributed by atoms with Gasteiger partial charge in [0.25, 0.3) is 0 Å². The Morgan fingerprint density at radius 3 is 2.15 bits per heavy atom. The van der Waals surface area contributed by atoms with Crippen molar-refractivity contribution in [1.29, 1.82) is 0 Å². The molecule has 0 radical (unpaired) electrons. The molecule has 0 saturated carbocycles. The first-order valence-electron chi connectivity index (χ1n) is 8.68. The number of benzene rings is 1. The Hall–Kier alpha value is -2.03. The van der Waals surface area contributed by atoms with Gasteiger partial charge in [0.1, 0.15) is 0 Å². The molecule has 1 aromatic carbocycles. The second kappa shape index (κ2) is 7.69. The molecule has 1 aromatic heterocycles. The molecule has 1 saturated heterocycles. The Balaban J connectivity index is 1.66. The summed E-state index contributed by atoms with van der Waals surface area (Å²) < 4.78 is 27.0. The Kier molecular flexibility index (Phi) is 5.55. The van der Waals surface area contributed by atoms with E-state index in [1.165, 1.54) is 0 Å². The fourth-order valence-corrected chi connectivity index (χ4v) is 4.37. The Morgan fingerprint density at radius 2 is 1.58 bits per heavy atom. The third kappa shape index (κ3) is 4.38. The summed E-state index contributed by atoms with van der Waals surface area (Å²) in [5, 5.41) is 3.18. The molecule has 1 N–H and O–H groups in total. The smallest absolute Gasteiger partial charge is 0.243 e. The Morgan fingerprint density at radius 1 is 1.00 bits per heavy atom. The molecular weight excluding hydrogens is 350 g/mol. The molecule has 1 aliphatic heterocycles. The number of anilines is 1. The van der Waals surface area contributed by atoms with Gasteiger partial charge in [0, 0.05) is 44.1 Å². The zero-order valence-electron chi connectivity index (χ0n) is 15.4. The van der Waals surface area contributed by atoms with Gasteiger partial charge in [-0.2, -0.15) is 4.31 Å². The number of nitrogens with zero attached hydrogens (tertiary/aromatic N) is 4. The summed E-state index contributed by atoms with van der Waals surface area (Å²) >= 11 is 0. The number of nitrogens with one attached hydrogen (secondary N) is 1. The lowest BCUT2D eigenvalue weighted by Crippen LogP contribution is -2.46. The van der Waals surface area contributed by atoms with Gasteiger partial charge >= 0.3 is 0 Å². The second-order valence-electron chi connectivity index (χ2n) is 6.68. The predicted octanol–water partition coefficient (Wildman–Crippen LogP) is 1.64. The zero-order chi connectivity index (χ0) is 18.7. The molecule has 26 heavy (non-hydrogen) atoms. The summed E-state index contributed by atoms with van der Waals surface area (Å²) in [6.45, 7) is 6.99. The third-order valence-corrected chi connectivity index (χ3v) is 6.37. The first-order valence-corrected chi connectivity index (χ1v) is 10.1. The molecule has 140 valence electrons. The van der Waals surface area contributed by atoms with Crippen molar-refractivity contribution in [2.75, 3.05) is 38.5 Å². The number of likely N-dealkylation sites (N-methyl/N-ethyl adjacent to an activating group) is 1. The van der Waals surface area contributed by atoms with Crippen LogP contribution in [0.1, 0.15) is 17.0 Å². The van der Waals surface area contributed by atoms with Gasteiger partial charge in [-0.15, -0.1) is 0 Å². The van der Waals surface area contributed by atoms with E-state index in [-0.39, 0.29) is 0 Å². The van der Waals surface area contributed by atoms with Crippen LogP contribution in [-0.4, -0.2) is 60.8 Å². The lowest BCUT2D eigenvalue weighted by molar-refractivity contribution is 0.222. The van der Waals surface area contributed by atoms with Crippen LogP contribution in [0.15, 0.2) is 35.2 Å². The van der Waals surface area contributed by atoms with Gasteiger partial charge in [-0.3, -0.25) is 0 Å². The number of sulfonamides is 1. The fraction of sp³-hybridized carbons (Fsp3) is 0.444. The summed E-state index contributed by atoms with van der Waals surface area (Å²) in [5.74, 6) is 0.580. The second-order valence-corrected chi connectivity index (χ2v) is 8.62. The van der Waals surface area contributed by atoms with Crippen LogP contribution in [0.2, 0.25) is 0 Å². The lowest BCUT2D eigenvalue weighted by atomic mass is 10.2. The van der Waals surface area contributed by atoms with E-state index in [9.17, 15) is 8.42 Å². The van der Waals surface area contributed by atoms with E-state index >= 15 is 0 Å². The van der Waals surface area contributed by atoms with Crippen LogP contribution < -0.4 is 5.32 Å². The van der Waals surface area contributed by atoms with Crippen LogP contribution in [-0.2, 0) is 16.6 Å². The van der Waals surface area contributed by atoms with Gasteiger partial charge in [-0.1, -0.05) is 12.1 Å². The first kappa shape index (κ1) is 18.8. The highest BCUT2D eigenvalue weighted by atomic mass is 32.2. The summed E-state index contributed by atoms with van der Waals surface area (Å²) in [5.41, 5.74) is 2.80. The van der Waals surface area contributed by atoms with E-state index in [2.05, 4.69) is 20.2 Å². The summed E-state index contributed by atoms with van der Waals surface area (Å²) in [4.78, 5) is 11.2. The maximum absolute atomic E-state index is 12.7. The van der Waals surface area contributed by atoms with Gasteiger partial charge < -0.3 is 10.2 Å². The van der Waals surface area contributed by atoms with Crippen molar-refractivity contribution >= 4 is 16.0 Å². The number of hydrogen-bond donors (Lipinski definition) is 1. The molecule has 0 spiro atoms. The van der Waals surface area contributed by atoms with E-state index in [1.807, 2.05) is 39.1 Å². The van der Waals surface area contributed by atoms with Crippen LogP contribution in [0.5, 0.6) is 0 Å². The normalized spacial score (nSPS) is 16.6. The largest absolute Gasteiger partial charge is 0.350 e. The maximum Gasteiger partial charge on any atom is 0.243 e. The standard InChI is InChI=1S/C18H25N5O2S/c1-14-12-15(2)21-18(20-14)19-13-16-4-6-17(7-5-16)26(24,25)23-10-8-22(3)9-11-23/h4-7,12H,8-11,13H2,1-3H3,(H,19,20,21). The van der Waals surface area contributed by atoms with Crippen LogP contribution in [0.25, 0.3) is 0 Å². The third-order valence-electron chi connectivity index (χ3n) is 4.46. The minimum atomic E-state index is -3.42.